The summed E-state index contributed by atoms with van der Waals surface area (Å²) in [6.07, 6.45) is 0. The smallest absolute Gasteiger partial charge is 0.326 e. The monoisotopic (exact) mass is 364 g/mol. The lowest BCUT2D eigenvalue weighted by Crippen LogP contribution is -2.36. The summed E-state index contributed by atoms with van der Waals surface area (Å²) in [6.45, 7) is 5.51. The van der Waals surface area contributed by atoms with E-state index in [-0.39, 0.29) is 25.0 Å². The minimum atomic E-state index is -0.658. The first-order valence-electron chi connectivity index (χ1n) is 8.64. The van der Waals surface area contributed by atoms with E-state index in [4.69, 9.17) is 4.74 Å². The molecule has 0 atom stereocenters. The van der Waals surface area contributed by atoms with Gasteiger partial charge in [-0.05, 0) is 25.1 Å². The van der Waals surface area contributed by atoms with E-state index in [9.17, 15) is 14.4 Å². The maximum Gasteiger partial charge on any atom is 0.326 e. The van der Waals surface area contributed by atoms with Gasteiger partial charge in [0.15, 0.2) is 6.61 Å². The van der Waals surface area contributed by atoms with Crippen molar-refractivity contribution in [2.75, 3.05) is 24.6 Å². The first-order chi connectivity index (χ1) is 13.0. The van der Waals surface area contributed by atoms with Gasteiger partial charge in [-0.1, -0.05) is 43.0 Å². The van der Waals surface area contributed by atoms with Gasteiger partial charge in [0.2, 0.25) is 0 Å². The largest absolute Gasteiger partial charge is 0.454 e. The molecule has 2 aromatic carbocycles. The van der Waals surface area contributed by atoms with Crippen LogP contribution in [0.15, 0.2) is 61.2 Å². The van der Waals surface area contributed by atoms with Gasteiger partial charge in [0, 0.05) is 29.1 Å². The first-order valence-corrected chi connectivity index (χ1v) is 8.64. The summed E-state index contributed by atoms with van der Waals surface area (Å²) in [5.41, 5.74) is 2.40. The molecule has 0 bridgehead atoms. The Hall–Kier alpha value is -3.41. The van der Waals surface area contributed by atoms with Crippen molar-refractivity contribution in [1.82, 2.24) is 4.90 Å². The second-order valence-electron chi connectivity index (χ2n) is 6.02. The number of hydrogen-bond acceptors (Lipinski definition) is 4. The molecule has 27 heavy (non-hydrogen) atoms. The van der Waals surface area contributed by atoms with Crippen LogP contribution in [0, 0.1) is 0 Å². The number of nitrogens with zero attached hydrogens (tertiary/aromatic N) is 2. The Morgan fingerprint density at radius 2 is 1.67 bits per heavy atom. The molecule has 2 aromatic rings. The van der Waals surface area contributed by atoms with Gasteiger partial charge in [-0.15, -0.1) is 0 Å². The van der Waals surface area contributed by atoms with E-state index < -0.39 is 5.97 Å². The van der Waals surface area contributed by atoms with Crippen LogP contribution in [-0.2, 0) is 14.3 Å². The predicted octanol–water partition coefficient (Wildman–Crippen LogP) is 2.71. The van der Waals surface area contributed by atoms with Crippen LogP contribution < -0.4 is 4.90 Å². The molecule has 0 aromatic heterocycles. The van der Waals surface area contributed by atoms with E-state index in [1.54, 1.807) is 24.3 Å². The molecule has 1 aliphatic heterocycles. The molecule has 3 rings (SSSR count). The molecule has 0 aliphatic carbocycles. The van der Waals surface area contributed by atoms with Crippen molar-refractivity contribution in [2.45, 2.75) is 6.92 Å². The van der Waals surface area contributed by atoms with Crippen molar-refractivity contribution < 1.29 is 19.1 Å². The summed E-state index contributed by atoms with van der Waals surface area (Å²) >= 11 is 0. The number of carbonyl (C=O) groups excluding carboxylic acids is 3. The molecule has 0 fully saturated rings. The molecule has 0 N–H and O–H groups in total. The molecule has 138 valence electrons. The average molecular weight is 364 g/mol. The second kappa shape index (κ2) is 7.86. The van der Waals surface area contributed by atoms with E-state index in [2.05, 4.69) is 6.58 Å². The highest BCUT2D eigenvalue weighted by Crippen LogP contribution is 2.30. The zero-order valence-electron chi connectivity index (χ0n) is 15.1. The molecular weight excluding hydrogens is 344 g/mol. The van der Waals surface area contributed by atoms with Crippen molar-refractivity contribution in [3.8, 4) is 0 Å². The normalized spacial score (nSPS) is 12.7. The van der Waals surface area contributed by atoms with E-state index >= 15 is 0 Å². The van der Waals surface area contributed by atoms with Crippen molar-refractivity contribution >= 4 is 29.2 Å². The summed E-state index contributed by atoms with van der Waals surface area (Å²) in [6, 6.07) is 16.2. The zero-order chi connectivity index (χ0) is 19.4. The molecular formula is C21H20N2O4. The summed E-state index contributed by atoms with van der Waals surface area (Å²) in [4.78, 5) is 39.7. The minimum Gasteiger partial charge on any atom is -0.454 e. The number of anilines is 1. The van der Waals surface area contributed by atoms with Crippen molar-refractivity contribution in [3.05, 3.63) is 72.3 Å². The maximum absolute atomic E-state index is 12.4. The number of likely N-dealkylation sites (N-methyl/N-ethyl adjacent to an activating group) is 1. The van der Waals surface area contributed by atoms with Crippen LogP contribution in [0.5, 0.6) is 0 Å². The van der Waals surface area contributed by atoms with E-state index in [0.29, 0.717) is 23.4 Å². The molecule has 1 heterocycles. The third-order valence-corrected chi connectivity index (χ3v) is 4.37. The number of esters is 1. The SMILES string of the molecule is C=C1c2ccccc2C(=O)N1CC(=O)OCC(=O)N(CC)c1ccccc1. The van der Waals surface area contributed by atoms with Crippen LogP contribution in [0.1, 0.15) is 22.8 Å². The standard InChI is InChI=1S/C21H20N2O4/c1-3-22(16-9-5-4-6-10-16)19(24)14-27-20(25)13-23-15(2)17-11-7-8-12-18(17)21(23)26/h4-12H,2-3,13-14H2,1H3. The number of ether oxygens (including phenoxy) is 1. The molecule has 0 saturated carbocycles. The Balaban J connectivity index is 1.58. The average Bonchev–Trinajstić information content (AvgIpc) is 2.93. The van der Waals surface area contributed by atoms with Crippen LogP contribution in [0.4, 0.5) is 5.69 Å². The van der Waals surface area contributed by atoms with Crippen molar-refractivity contribution in [3.63, 3.8) is 0 Å². The third kappa shape index (κ3) is 3.74. The lowest BCUT2D eigenvalue weighted by atomic mass is 10.1. The number of rotatable bonds is 6. The fourth-order valence-electron chi connectivity index (χ4n) is 3.01. The fourth-order valence-corrected chi connectivity index (χ4v) is 3.01. The second-order valence-corrected chi connectivity index (χ2v) is 6.02. The van der Waals surface area contributed by atoms with Crippen LogP contribution >= 0.6 is 0 Å². The maximum atomic E-state index is 12.4. The predicted molar refractivity (Wildman–Crippen MR) is 102 cm³/mol. The van der Waals surface area contributed by atoms with E-state index in [1.165, 1.54) is 9.80 Å². The number of carbonyl (C=O) groups is 3. The van der Waals surface area contributed by atoms with Gasteiger partial charge in [-0.25, -0.2) is 0 Å². The fraction of sp³-hybridized carbons (Fsp3) is 0.190. The lowest BCUT2D eigenvalue weighted by Gasteiger charge is -2.21. The lowest BCUT2D eigenvalue weighted by molar-refractivity contribution is -0.147. The number of amides is 2. The molecule has 0 saturated heterocycles. The van der Waals surface area contributed by atoms with Gasteiger partial charge in [-0.2, -0.15) is 0 Å². The highest BCUT2D eigenvalue weighted by molar-refractivity contribution is 6.10. The summed E-state index contributed by atoms with van der Waals surface area (Å²) < 4.78 is 5.10. The molecule has 0 spiro atoms. The van der Waals surface area contributed by atoms with Gasteiger partial charge in [-0.3, -0.25) is 19.3 Å². The number of benzene rings is 2. The van der Waals surface area contributed by atoms with Gasteiger partial charge < -0.3 is 9.64 Å². The topological polar surface area (TPSA) is 66.9 Å². The van der Waals surface area contributed by atoms with Crippen molar-refractivity contribution in [2.24, 2.45) is 0 Å². The molecule has 0 unspecified atom stereocenters. The Kier molecular flexibility index (Phi) is 5.35. The summed E-state index contributed by atoms with van der Waals surface area (Å²) in [7, 11) is 0. The van der Waals surface area contributed by atoms with E-state index in [1.807, 2.05) is 37.3 Å². The number of para-hydroxylation sites is 1. The van der Waals surface area contributed by atoms with E-state index in [0.717, 1.165) is 5.69 Å². The van der Waals surface area contributed by atoms with Crippen molar-refractivity contribution in [1.29, 1.82) is 0 Å². The van der Waals surface area contributed by atoms with Crippen LogP contribution in [0.25, 0.3) is 5.70 Å². The highest BCUT2D eigenvalue weighted by Gasteiger charge is 2.32. The Bertz CT molecular complexity index is 857. The van der Waals surface area contributed by atoms with Crippen LogP contribution in [0.3, 0.4) is 0 Å². The molecule has 6 nitrogen and oxygen atoms in total. The first kappa shape index (κ1) is 18.4. The van der Waals surface area contributed by atoms with Crippen LogP contribution in [0.2, 0.25) is 0 Å². The molecule has 2 amide bonds. The minimum absolute atomic E-state index is 0.281. The summed E-state index contributed by atoms with van der Waals surface area (Å²) in [5.74, 6) is -1.28. The Morgan fingerprint density at radius 3 is 2.30 bits per heavy atom. The van der Waals surface area contributed by atoms with Gasteiger partial charge >= 0.3 is 5.97 Å². The quantitative estimate of drug-likeness (QED) is 0.739. The zero-order valence-corrected chi connectivity index (χ0v) is 15.1. The highest BCUT2D eigenvalue weighted by atomic mass is 16.5. The third-order valence-electron chi connectivity index (χ3n) is 4.37. The molecule has 6 heteroatoms. The van der Waals surface area contributed by atoms with Crippen LogP contribution in [-0.4, -0.2) is 42.4 Å². The molecule has 0 radical (unpaired) electrons. The number of hydrogen-bond donors (Lipinski definition) is 0. The van der Waals surface area contributed by atoms with Gasteiger partial charge in [0.25, 0.3) is 11.8 Å². The number of fused-ring (bicyclic) bond motifs is 1. The molecule has 1 aliphatic rings. The van der Waals surface area contributed by atoms with Gasteiger partial charge in [0.05, 0.1) is 0 Å². The summed E-state index contributed by atoms with van der Waals surface area (Å²) in [5, 5.41) is 0. The Labute approximate surface area is 157 Å². The van der Waals surface area contributed by atoms with Gasteiger partial charge in [0.1, 0.15) is 6.54 Å². The Morgan fingerprint density at radius 1 is 1.04 bits per heavy atom.